The third-order valence-electron chi connectivity index (χ3n) is 4.63. The lowest BCUT2D eigenvalue weighted by Crippen LogP contribution is -2.21. The van der Waals surface area contributed by atoms with Crippen LogP contribution in [0, 0.1) is 5.82 Å². The summed E-state index contributed by atoms with van der Waals surface area (Å²) < 4.78 is 13.3. The first-order valence-electron chi connectivity index (χ1n) is 9.18. The highest BCUT2D eigenvalue weighted by Crippen LogP contribution is 2.31. The van der Waals surface area contributed by atoms with Crippen LogP contribution >= 0.6 is 0 Å². The van der Waals surface area contributed by atoms with Gasteiger partial charge in [0.25, 0.3) is 0 Å². The lowest BCUT2D eigenvalue weighted by molar-refractivity contribution is 0.425. The van der Waals surface area contributed by atoms with E-state index in [2.05, 4.69) is 26.3 Å². The Hall–Kier alpha value is -3.25. The number of nitrogens with one attached hydrogen (secondary N) is 2. The van der Waals surface area contributed by atoms with Crippen LogP contribution in [0.3, 0.4) is 0 Å². The Kier molecular flexibility index (Phi) is 5.04. The molecule has 0 fully saturated rings. The van der Waals surface area contributed by atoms with Crippen LogP contribution in [0.5, 0.6) is 0 Å². The molecule has 2 aromatic carbocycles. The number of aromatic nitrogens is 3. The first-order chi connectivity index (χ1) is 13.6. The third kappa shape index (κ3) is 3.87. The van der Waals surface area contributed by atoms with Gasteiger partial charge in [-0.05, 0) is 43.9 Å². The second kappa shape index (κ2) is 7.78. The molecule has 4 rings (SSSR count). The van der Waals surface area contributed by atoms with Crippen molar-refractivity contribution in [2.45, 2.75) is 0 Å². The van der Waals surface area contributed by atoms with Crippen LogP contribution in [0.4, 0.5) is 10.2 Å². The fourth-order valence-corrected chi connectivity index (χ4v) is 3.15. The van der Waals surface area contributed by atoms with Crippen molar-refractivity contribution in [3.8, 4) is 22.4 Å². The van der Waals surface area contributed by atoms with Gasteiger partial charge in [0.05, 0.1) is 18.1 Å². The van der Waals surface area contributed by atoms with Crippen molar-refractivity contribution in [3.63, 3.8) is 0 Å². The molecule has 2 heterocycles. The molecule has 0 spiro atoms. The number of hydrogen-bond acceptors (Lipinski definition) is 4. The van der Waals surface area contributed by atoms with E-state index in [4.69, 9.17) is 4.98 Å². The fourth-order valence-electron chi connectivity index (χ4n) is 3.15. The summed E-state index contributed by atoms with van der Waals surface area (Å²) in [6.45, 7) is 1.72. The van der Waals surface area contributed by atoms with Gasteiger partial charge < -0.3 is 15.2 Å². The van der Waals surface area contributed by atoms with E-state index in [-0.39, 0.29) is 5.82 Å². The Morgan fingerprint density at radius 1 is 1.04 bits per heavy atom. The zero-order chi connectivity index (χ0) is 19.5. The number of rotatable bonds is 6. The summed E-state index contributed by atoms with van der Waals surface area (Å²) in [6.07, 6.45) is 5.45. The van der Waals surface area contributed by atoms with E-state index < -0.39 is 0 Å². The molecule has 0 amide bonds. The second-order valence-electron chi connectivity index (χ2n) is 6.99. The van der Waals surface area contributed by atoms with Crippen LogP contribution in [0.15, 0.2) is 61.1 Å². The molecule has 6 heteroatoms. The molecule has 0 saturated heterocycles. The average molecular weight is 375 g/mol. The lowest BCUT2D eigenvalue weighted by atomic mass is 10.0. The van der Waals surface area contributed by atoms with Crippen LogP contribution in [-0.2, 0) is 0 Å². The molecule has 0 aliphatic carbocycles. The van der Waals surface area contributed by atoms with Gasteiger partial charge in [-0.15, -0.1) is 0 Å². The first-order valence-corrected chi connectivity index (χ1v) is 9.18. The Morgan fingerprint density at radius 3 is 2.61 bits per heavy atom. The van der Waals surface area contributed by atoms with Crippen molar-refractivity contribution in [2.24, 2.45) is 0 Å². The van der Waals surface area contributed by atoms with Gasteiger partial charge in [-0.2, -0.15) is 0 Å². The molecular weight excluding hydrogens is 353 g/mol. The zero-order valence-electron chi connectivity index (χ0n) is 15.9. The third-order valence-corrected chi connectivity index (χ3v) is 4.63. The number of anilines is 1. The summed E-state index contributed by atoms with van der Waals surface area (Å²) in [5, 5.41) is 4.37. The molecule has 0 radical (unpaired) electrons. The van der Waals surface area contributed by atoms with Gasteiger partial charge in [0.1, 0.15) is 11.6 Å². The van der Waals surface area contributed by atoms with Gasteiger partial charge in [0.2, 0.25) is 0 Å². The van der Waals surface area contributed by atoms with E-state index in [1.807, 2.05) is 32.4 Å². The SMILES string of the molecule is CN(C)CCNc1cncc(-c2ccc3[nH]cc(-c4ccc(F)cc4)c3c2)n1. The maximum Gasteiger partial charge on any atom is 0.145 e. The quantitative estimate of drug-likeness (QED) is 0.524. The molecule has 0 bridgehead atoms. The maximum absolute atomic E-state index is 13.3. The van der Waals surface area contributed by atoms with Gasteiger partial charge >= 0.3 is 0 Å². The number of halogens is 1. The summed E-state index contributed by atoms with van der Waals surface area (Å²) in [7, 11) is 4.07. The van der Waals surface area contributed by atoms with Gasteiger partial charge in [0.15, 0.2) is 0 Å². The zero-order valence-corrected chi connectivity index (χ0v) is 15.9. The average Bonchev–Trinajstić information content (AvgIpc) is 3.12. The lowest BCUT2D eigenvalue weighted by Gasteiger charge is -2.11. The van der Waals surface area contributed by atoms with Gasteiger partial charge in [-0.1, -0.05) is 18.2 Å². The molecule has 5 nitrogen and oxygen atoms in total. The van der Waals surface area contributed by atoms with Crippen LogP contribution in [0.1, 0.15) is 0 Å². The molecule has 4 aromatic rings. The molecule has 28 heavy (non-hydrogen) atoms. The molecule has 0 aliphatic rings. The maximum atomic E-state index is 13.3. The summed E-state index contributed by atoms with van der Waals surface area (Å²) in [5.41, 5.74) is 4.82. The number of fused-ring (bicyclic) bond motifs is 1. The molecular formula is C22H22FN5. The minimum Gasteiger partial charge on any atom is -0.367 e. The van der Waals surface area contributed by atoms with Crippen molar-refractivity contribution >= 4 is 16.7 Å². The van der Waals surface area contributed by atoms with Crippen LogP contribution in [0.25, 0.3) is 33.3 Å². The Bertz CT molecular complexity index is 1090. The van der Waals surface area contributed by atoms with Crippen molar-refractivity contribution in [3.05, 3.63) is 66.9 Å². The smallest absolute Gasteiger partial charge is 0.145 e. The summed E-state index contributed by atoms with van der Waals surface area (Å²) in [5.74, 6) is 0.519. The van der Waals surface area contributed by atoms with Crippen LogP contribution in [-0.4, -0.2) is 47.0 Å². The van der Waals surface area contributed by atoms with Crippen molar-refractivity contribution in [1.82, 2.24) is 19.9 Å². The first kappa shape index (κ1) is 18.1. The number of benzene rings is 2. The topological polar surface area (TPSA) is 56.8 Å². The Balaban J connectivity index is 1.66. The molecule has 2 N–H and O–H groups in total. The van der Waals surface area contributed by atoms with Crippen molar-refractivity contribution in [2.75, 3.05) is 32.5 Å². The van der Waals surface area contributed by atoms with E-state index in [1.54, 1.807) is 24.5 Å². The van der Waals surface area contributed by atoms with Gasteiger partial charge in [0, 0.05) is 41.3 Å². The van der Waals surface area contributed by atoms with Gasteiger partial charge in [-0.3, -0.25) is 4.98 Å². The Morgan fingerprint density at radius 2 is 1.82 bits per heavy atom. The molecule has 142 valence electrons. The van der Waals surface area contributed by atoms with E-state index in [9.17, 15) is 4.39 Å². The monoisotopic (exact) mass is 375 g/mol. The number of hydrogen-bond donors (Lipinski definition) is 2. The molecule has 2 aromatic heterocycles. The predicted octanol–water partition coefficient (Wildman–Crippen LogP) is 4.40. The van der Waals surface area contributed by atoms with E-state index in [0.29, 0.717) is 0 Å². The normalized spacial score (nSPS) is 11.3. The molecule has 0 saturated carbocycles. The summed E-state index contributed by atoms with van der Waals surface area (Å²) in [6, 6.07) is 12.7. The van der Waals surface area contributed by atoms with Crippen molar-refractivity contribution in [1.29, 1.82) is 0 Å². The number of likely N-dealkylation sites (N-methyl/N-ethyl adjacent to an activating group) is 1. The highest BCUT2D eigenvalue weighted by atomic mass is 19.1. The van der Waals surface area contributed by atoms with E-state index >= 15 is 0 Å². The second-order valence-corrected chi connectivity index (χ2v) is 6.99. The standard InChI is InChI=1S/C22H22FN5/c1-28(2)10-9-25-22-14-24-13-21(27-22)16-5-8-20-18(11-16)19(12-26-20)15-3-6-17(23)7-4-15/h3-8,11-14,26H,9-10H2,1-2H3,(H,25,27). The van der Waals surface area contributed by atoms with E-state index in [1.165, 1.54) is 12.1 Å². The summed E-state index contributed by atoms with van der Waals surface area (Å²) >= 11 is 0. The fraction of sp³-hybridized carbons (Fsp3) is 0.182. The Labute approximate surface area is 163 Å². The highest BCUT2D eigenvalue weighted by molar-refractivity contribution is 5.97. The molecule has 0 unspecified atom stereocenters. The largest absolute Gasteiger partial charge is 0.367 e. The van der Waals surface area contributed by atoms with E-state index in [0.717, 1.165) is 52.2 Å². The highest BCUT2D eigenvalue weighted by Gasteiger charge is 2.09. The van der Waals surface area contributed by atoms with Crippen molar-refractivity contribution < 1.29 is 4.39 Å². The number of H-pyrrole nitrogens is 1. The summed E-state index contributed by atoms with van der Waals surface area (Å²) in [4.78, 5) is 14.4. The minimum absolute atomic E-state index is 0.238. The van der Waals surface area contributed by atoms with Gasteiger partial charge in [-0.25, -0.2) is 9.37 Å². The predicted molar refractivity (Wildman–Crippen MR) is 112 cm³/mol. The number of nitrogens with zero attached hydrogens (tertiary/aromatic N) is 3. The van der Waals surface area contributed by atoms with Crippen LogP contribution < -0.4 is 5.32 Å². The van der Waals surface area contributed by atoms with Crippen LogP contribution in [0.2, 0.25) is 0 Å². The molecule has 0 aliphatic heterocycles. The molecule has 0 atom stereocenters. The minimum atomic E-state index is -0.238. The number of aromatic amines is 1.